The molecule has 0 spiro atoms. The molecule has 0 aliphatic carbocycles. The van der Waals surface area contributed by atoms with Crippen LogP contribution in [0.15, 0.2) is 65.5 Å². The molecule has 0 aliphatic rings. The highest BCUT2D eigenvalue weighted by molar-refractivity contribution is 5.78. The maximum atomic E-state index is 12.7. The molecule has 0 saturated carbocycles. The van der Waals surface area contributed by atoms with Crippen LogP contribution in [0.2, 0.25) is 0 Å². The van der Waals surface area contributed by atoms with Crippen LogP contribution in [0.25, 0.3) is 11.5 Å². The third-order valence-corrected chi connectivity index (χ3v) is 3.85. The van der Waals surface area contributed by atoms with Crippen LogP contribution in [0.1, 0.15) is 17.7 Å². The van der Waals surface area contributed by atoms with Gasteiger partial charge in [0.25, 0.3) is 0 Å². The second-order valence-corrected chi connectivity index (χ2v) is 5.77. The Morgan fingerprint density at radius 3 is 2.77 bits per heavy atom. The molecule has 0 saturated heterocycles. The minimum Gasteiger partial charge on any atom is -0.444 e. The summed E-state index contributed by atoms with van der Waals surface area (Å²) < 4.78 is 5.49. The van der Waals surface area contributed by atoms with Crippen molar-refractivity contribution in [3.8, 4) is 17.5 Å². The number of amides is 1. The standard InChI is InChI=1S/C20H18N4O2/c21-9-5-11-24(14-16-6-4-10-22-13-16)19(25)12-18-15-26-20(23-18)17-7-2-1-3-8-17/h1-4,6-8,10,13,15H,5,11-12,14H2. The van der Waals surface area contributed by atoms with Gasteiger partial charge >= 0.3 is 0 Å². The number of nitrogens with zero attached hydrogens (tertiary/aromatic N) is 4. The molecule has 0 bridgehead atoms. The second kappa shape index (κ2) is 8.58. The lowest BCUT2D eigenvalue weighted by Gasteiger charge is -2.21. The van der Waals surface area contributed by atoms with Crippen LogP contribution in [-0.4, -0.2) is 27.3 Å². The molecular formula is C20H18N4O2. The normalized spacial score (nSPS) is 10.3. The van der Waals surface area contributed by atoms with Crippen molar-refractivity contribution in [1.29, 1.82) is 5.26 Å². The van der Waals surface area contributed by atoms with Gasteiger partial charge in [-0.25, -0.2) is 4.98 Å². The Labute approximate surface area is 151 Å². The zero-order valence-electron chi connectivity index (χ0n) is 14.2. The Morgan fingerprint density at radius 2 is 2.04 bits per heavy atom. The van der Waals surface area contributed by atoms with Crippen LogP contribution in [0.5, 0.6) is 0 Å². The van der Waals surface area contributed by atoms with E-state index in [-0.39, 0.29) is 18.7 Å². The Balaban J connectivity index is 1.69. The van der Waals surface area contributed by atoms with Gasteiger partial charge in [-0.3, -0.25) is 9.78 Å². The lowest BCUT2D eigenvalue weighted by atomic mass is 10.2. The SMILES string of the molecule is N#CCCN(Cc1cccnc1)C(=O)Cc1coc(-c2ccccc2)n1. The van der Waals surface area contributed by atoms with Gasteiger partial charge in [0.2, 0.25) is 11.8 Å². The molecule has 2 aromatic heterocycles. The number of aromatic nitrogens is 2. The van der Waals surface area contributed by atoms with Gasteiger partial charge in [0.15, 0.2) is 0 Å². The van der Waals surface area contributed by atoms with Crippen LogP contribution in [-0.2, 0) is 17.8 Å². The lowest BCUT2D eigenvalue weighted by molar-refractivity contribution is -0.131. The average molecular weight is 346 g/mol. The van der Waals surface area contributed by atoms with Crippen LogP contribution >= 0.6 is 0 Å². The lowest BCUT2D eigenvalue weighted by Crippen LogP contribution is -2.32. The zero-order chi connectivity index (χ0) is 18.2. The molecule has 2 heterocycles. The highest BCUT2D eigenvalue weighted by Gasteiger charge is 2.17. The fourth-order valence-corrected chi connectivity index (χ4v) is 2.56. The van der Waals surface area contributed by atoms with Crippen LogP contribution in [0.4, 0.5) is 0 Å². The predicted octanol–water partition coefficient (Wildman–Crippen LogP) is 3.22. The third-order valence-electron chi connectivity index (χ3n) is 3.85. The number of benzene rings is 1. The molecule has 26 heavy (non-hydrogen) atoms. The molecule has 6 heteroatoms. The quantitative estimate of drug-likeness (QED) is 0.656. The van der Waals surface area contributed by atoms with Gasteiger partial charge < -0.3 is 9.32 Å². The molecule has 0 atom stereocenters. The van der Waals surface area contributed by atoms with E-state index < -0.39 is 0 Å². The number of hydrogen-bond donors (Lipinski definition) is 0. The number of pyridine rings is 1. The Bertz CT molecular complexity index is 885. The molecule has 0 unspecified atom stereocenters. The van der Waals surface area contributed by atoms with E-state index >= 15 is 0 Å². The molecule has 1 aromatic carbocycles. The largest absolute Gasteiger partial charge is 0.444 e. The summed E-state index contributed by atoms with van der Waals surface area (Å²) in [6, 6.07) is 15.3. The summed E-state index contributed by atoms with van der Waals surface area (Å²) >= 11 is 0. The summed E-state index contributed by atoms with van der Waals surface area (Å²) in [5.74, 6) is 0.390. The van der Waals surface area contributed by atoms with E-state index in [4.69, 9.17) is 9.68 Å². The summed E-state index contributed by atoms with van der Waals surface area (Å²) in [7, 11) is 0. The van der Waals surface area contributed by atoms with Crippen molar-refractivity contribution in [2.45, 2.75) is 19.4 Å². The first-order valence-corrected chi connectivity index (χ1v) is 8.29. The van der Waals surface area contributed by atoms with Gasteiger partial charge in [0.05, 0.1) is 24.6 Å². The maximum absolute atomic E-state index is 12.7. The summed E-state index contributed by atoms with van der Waals surface area (Å²) in [5.41, 5.74) is 2.36. The van der Waals surface area contributed by atoms with Crippen molar-refractivity contribution in [3.05, 3.63) is 72.4 Å². The van der Waals surface area contributed by atoms with E-state index in [0.717, 1.165) is 11.1 Å². The minimum absolute atomic E-state index is 0.1000. The van der Waals surface area contributed by atoms with Crippen molar-refractivity contribution in [2.75, 3.05) is 6.54 Å². The smallest absolute Gasteiger partial charge is 0.229 e. The number of oxazole rings is 1. The fourth-order valence-electron chi connectivity index (χ4n) is 2.56. The monoisotopic (exact) mass is 346 g/mol. The van der Waals surface area contributed by atoms with Crippen molar-refractivity contribution in [2.24, 2.45) is 0 Å². The Kier molecular flexibility index (Phi) is 5.73. The maximum Gasteiger partial charge on any atom is 0.229 e. The minimum atomic E-state index is -0.1000. The molecule has 0 fully saturated rings. The summed E-state index contributed by atoms with van der Waals surface area (Å²) in [4.78, 5) is 22.8. The highest BCUT2D eigenvalue weighted by atomic mass is 16.3. The van der Waals surface area contributed by atoms with E-state index in [1.54, 1.807) is 17.3 Å². The van der Waals surface area contributed by atoms with Gasteiger partial charge in [0, 0.05) is 31.0 Å². The van der Waals surface area contributed by atoms with Crippen LogP contribution in [0, 0.1) is 11.3 Å². The van der Waals surface area contributed by atoms with Crippen molar-refractivity contribution in [3.63, 3.8) is 0 Å². The first-order chi connectivity index (χ1) is 12.8. The predicted molar refractivity (Wildman–Crippen MR) is 95.5 cm³/mol. The van der Waals surface area contributed by atoms with Crippen molar-refractivity contribution >= 4 is 5.91 Å². The first kappa shape index (κ1) is 17.4. The van der Waals surface area contributed by atoms with Crippen molar-refractivity contribution < 1.29 is 9.21 Å². The molecule has 3 rings (SSSR count). The van der Waals surface area contributed by atoms with Gasteiger partial charge in [-0.1, -0.05) is 24.3 Å². The summed E-state index contributed by atoms with van der Waals surface area (Å²) in [6.45, 7) is 0.783. The highest BCUT2D eigenvalue weighted by Crippen LogP contribution is 2.18. The number of carbonyl (C=O) groups is 1. The third kappa shape index (κ3) is 4.54. The zero-order valence-corrected chi connectivity index (χ0v) is 14.2. The number of rotatable bonds is 7. The Hall–Kier alpha value is -3.46. The molecule has 0 radical (unpaired) electrons. The average Bonchev–Trinajstić information content (AvgIpc) is 3.15. The number of hydrogen-bond acceptors (Lipinski definition) is 5. The molecule has 130 valence electrons. The van der Waals surface area contributed by atoms with Gasteiger partial charge in [-0.15, -0.1) is 0 Å². The molecule has 6 nitrogen and oxygen atoms in total. The van der Waals surface area contributed by atoms with Crippen LogP contribution in [0.3, 0.4) is 0 Å². The first-order valence-electron chi connectivity index (χ1n) is 8.29. The van der Waals surface area contributed by atoms with Gasteiger partial charge in [0.1, 0.15) is 6.26 Å². The Morgan fingerprint density at radius 1 is 1.19 bits per heavy atom. The van der Waals surface area contributed by atoms with E-state index in [0.29, 0.717) is 24.7 Å². The van der Waals surface area contributed by atoms with Crippen molar-refractivity contribution in [1.82, 2.24) is 14.9 Å². The summed E-state index contributed by atoms with van der Waals surface area (Å²) in [6.07, 6.45) is 5.32. The molecule has 3 aromatic rings. The fraction of sp³-hybridized carbons (Fsp3) is 0.200. The van der Waals surface area contributed by atoms with E-state index in [9.17, 15) is 4.79 Å². The van der Waals surface area contributed by atoms with E-state index in [1.807, 2.05) is 42.5 Å². The molecule has 0 aliphatic heterocycles. The molecule has 1 amide bonds. The number of carbonyl (C=O) groups excluding carboxylic acids is 1. The van der Waals surface area contributed by atoms with E-state index in [2.05, 4.69) is 16.0 Å². The topological polar surface area (TPSA) is 83.0 Å². The van der Waals surface area contributed by atoms with Gasteiger partial charge in [-0.05, 0) is 23.8 Å². The molecule has 0 N–H and O–H groups in total. The summed E-state index contributed by atoms with van der Waals surface area (Å²) in [5, 5.41) is 8.85. The molecular weight excluding hydrogens is 328 g/mol. The second-order valence-electron chi connectivity index (χ2n) is 5.77. The van der Waals surface area contributed by atoms with Crippen LogP contribution < -0.4 is 0 Å². The number of nitriles is 1. The van der Waals surface area contributed by atoms with Gasteiger partial charge in [-0.2, -0.15) is 5.26 Å². The van der Waals surface area contributed by atoms with E-state index in [1.165, 1.54) is 6.26 Å².